The van der Waals surface area contributed by atoms with Crippen molar-refractivity contribution in [3.63, 3.8) is 0 Å². The second kappa shape index (κ2) is 8.95. The van der Waals surface area contributed by atoms with Gasteiger partial charge in [-0.1, -0.05) is 28.9 Å². The molecule has 0 spiro atoms. The number of nitrogens with zero attached hydrogens (tertiary/aromatic N) is 3. The minimum Gasteiger partial charge on any atom is -0.497 e. The number of oxime groups is 1. The lowest BCUT2D eigenvalue weighted by atomic mass is 10.2. The predicted octanol–water partition coefficient (Wildman–Crippen LogP) is 4.30. The van der Waals surface area contributed by atoms with Crippen molar-refractivity contribution in [1.29, 1.82) is 0 Å². The monoisotopic (exact) mass is 386 g/mol. The van der Waals surface area contributed by atoms with Crippen LogP contribution in [0.25, 0.3) is 0 Å². The van der Waals surface area contributed by atoms with Gasteiger partial charge in [-0.05, 0) is 47.5 Å². The number of halogens is 2. The zero-order chi connectivity index (χ0) is 19.1. The molecule has 0 aliphatic heterocycles. The molecule has 3 rings (SSSR count). The fourth-order valence-electron chi connectivity index (χ4n) is 2.13. The number of hydrogen-bond acceptors (Lipinski definition) is 6. The maximum atomic E-state index is 13.9. The molecular weight excluding hydrogens is 371 g/mol. The van der Waals surface area contributed by atoms with E-state index in [0.29, 0.717) is 11.6 Å². The lowest BCUT2D eigenvalue weighted by Crippen LogP contribution is -2.05. The van der Waals surface area contributed by atoms with Gasteiger partial charge in [-0.25, -0.2) is 4.39 Å². The van der Waals surface area contributed by atoms with Crippen LogP contribution < -0.4 is 14.9 Å². The summed E-state index contributed by atoms with van der Waals surface area (Å²) in [6.45, 7) is 0.375. The Kier molecular flexibility index (Phi) is 6.17. The van der Waals surface area contributed by atoms with E-state index in [2.05, 4.69) is 20.4 Å². The standard InChI is InChI=1S/C19H16ClFN4O2/c1-26-16-8-4-14(5-9-16)11-24-27-19-23-12-17(21)18(25-19)22-10-13-2-6-15(20)7-3-13/h2-9,11-12H,10H2,1H3,(H,22,23,25)/b24-11+. The molecule has 138 valence electrons. The summed E-state index contributed by atoms with van der Waals surface area (Å²) in [4.78, 5) is 12.9. The first-order valence-corrected chi connectivity index (χ1v) is 8.37. The van der Waals surface area contributed by atoms with Crippen molar-refractivity contribution in [2.24, 2.45) is 5.16 Å². The fourth-order valence-corrected chi connectivity index (χ4v) is 2.26. The Morgan fingerprint density at radius 2 is 1.89 bits per heavy atom. The SMILES string of the molecule is COc1ccc(/C=N/Oc2ncc(F)c(NCc3ccc(Cl)cc3)n2)cc1. The Morgan fingerprint density at radius 1 is 1.15 bits per heavy atom. The molecule has 0 radical (unpaired) electrons. The number of anilines is 1. The summed E-state index contributed by atoms with van der Waals surface area (Å²) in [5, 5.41) is 7.34. The van der Waals surface area contributed by atoms with Crippen LogP contribution in [-0.2, 0) is 6.54 Å². The van der Waals surface area contributed by atoms with Crippen molar-refractivity contribution in [2.75, 3.05) is 12.4 Å². The second-order valence-electron chi connectivity index (χ2n) is 5.43. The van der Waals surface area contributed by atoms with Crippen LogP contribution in [0.2, 0.25) is 5.02 Å². The number of ether oxygens (including phenoxy) is 1. The predicted molar refractivity (Wildman–Crippen MR) is 102 cm³/mol. The molecule has 0 bridgehead atoms. The summed E-state index contributed by atoms with van der Waals surface area (Å²) < 4.78 is 19.0. The summed E-state index contributed by atoms with van der Waals surface area (Å²) in [5.41, 5.74) is 1.73. The van der Waals surface area contributed by atoms with Crippen LogP contribution in [0.5, 0.6) is 11.8 Å². The van der Waals surface area contributed by atoms with Crippen molar-refractivity contribution >= 4 is 23.6 Å². The average Bonchev–Trinajstić information content (AvgIpc) is 2.70. The smallest absolute Gasteiger partial charge is 0.347 e. The summed E-state index contributed by atoms with van der Waals surface area (Å²) in [6.07, 6.45) is 2.52. The number of aromatic nitrogens is 2. The van der Waals surface area contributed by atoms with Gasteiger partial charge in [0.25, 0.3) is 0 Å². The van der Waals surface area contributed by atoms with E-state index in [9.17, 15) is 4.39 Å². The zero-order valence-electron chi connectivity index (χ0n) is 14.4. The van der Waals surface area contributed by atoms with Crippen LogP contribution >= 0.6 is 11.6 Å². The molecule has 6 nitrogen and oxygen atoms in total. The first-order valence-electron chi connectivity index (χ1n) is 7.99. The number of nitrogens with one attached hydrogen (secondary N) is 1. The largest absolute Gasteiger partial charge is 0.497 e. The molecule has 0 saturated carbocycles. The van der Waals surface area contributed by atoms with Crippen LogP contribution in [0.1, 0.15) is 11.1 Å². The molecule has 8 heteroatoms. The van der Waals surface area contributed by atoms with Crippen molar-refractivity contribution in [3.8, 4) is 11.8 Å². The van der Waals surface area contributed by atoms with E-state index in [4.69, 9.17) is 21.2 Å². The first-order chi connectivity index (χ1) is 13.1. The van der Waals surface area contributed by atoms with Gasteiger partial charge in [0.1, 0.15) is 5.75 Å². The number of rotatable bonds is 7. The van der Waals surface area contributed by atoms with Gasteiger partial charge in [-0.3, -0.25) is 0 Å². The molecule has 0 amide bonds. The Hall–Kier alpha value is -3.19. The maximum absolute atomic E-state index is 13.9. The molecule has 1 aromatic heterocycles. The molecule has 2 aromatic carbocycles. The molecule has 0 aliphatic carbocycles. The second-order valence-corrected chi connectivity index (χ2v) is 5.86. The third kappa shape index (κ3) is 5.39. The van der Waals surface area contributed by atoms with E-state index >= 15 is 0 Å². The van der Waals surface area contributed by atoms with E-state index in [0.717, 1.165) is 23.1 Å². The third-order valence-corrected chi connectivity index (χ3v) is 3.80. The van der Waals surface area contributed by atoms with Gasteiger partial charge in [0.05, 0.1) is 19.5 Å². The van der Waals surface area contributed by atoms with Gasteiger partial charge in [0.15, 0.2) is 11.6 Å². The van der Waals surface area contributed by atoms with Gasteiger partial charge in [0.2, 0.25) is 0 Å². The molecule has 27 heavy (non-hydrogen) atoms. The van der Waals surface area contributed by atoms with Crippen LogP contribution in [0.3, 0.4) is 0 Å². The van der Waals surface area contributed by atoms with Crippen molar-refractivity contribution in [1.82, 2.24) is 9.97 Å². The average molecular weight is 387 g/mol. The van der Waals surface area contributed by atoms with Crippen molar-refractivity contribution in [3.05, 3.63) is 76.7 Å². The minimum atomic E-state index is -0.588. The highest BCUT2D eigenvalue weighted by Gasteiger charge is 2.08. The van der Waals surface area contributed by atoms with Gasteiger partial charge in [-0.2, -0.15) is 9.97 Å². The summed E-state index contributed by atoms with van der Waals surface area (Å²) >= 11 is 5.85. The number of benzene rings is 2. The third-order valence-electron chi connectivity index (χ3n) is 3.55. The molecule has 1 N–H and O–H groups in total. The van der Waals surface area contributed by atoms with E-state index in [1.54, 1.807) is 31.4 Å². The normalized spacial score (nSPS) is 10.8. The van der Waals surface area contributed by atoms with Gasteiger partial charge in [0, 0.05) is 11.6 Å². The van der Waals surface area contributed by atoms with Crippen LogP contribution in [-0.4, -0.2) is 23.3 Å². The first kappa shape index (κ1) is 18.6. The molecule has 0 saturated heterocycles. The highest BCUT2D eigenvalue weighted by atomic mass is 35.5. The van der Waals surface area contributed by atoms with Gasteiger partial charge < -0.3 is 14.9 Å². The van der Waals surface area contributed by atoms with Gasteiger partial charge >= 0.3 is 6.01 Å². The lowest BCUT2D eigenvalue weighted by Gasteiger charge is -2.07. The highest BCUT2D eigenvalue weighted by Crippen LogP contribution is 2.16. The Morgan fingerprint density at radius 3 is 2.59 bits per heavy atom. The van der Waals surface area contributed by atoms with Crippen LogP contribution in [0, 0.1) is 5.82 Å². The molecule has 0 unspecified atom stereocenters. The number of methoxy groups -OCH3 is 1. The Bertz CT molecular complexity index is 918. The number of hydrogen-bond donors (Lipinski definition) is 1. The Labute approximate surface area is 160 Å². The van der Waals surface area contributed by atoms with Crippen LogP contribution in [0.15, 0.2) is 59.9 Å². The quantitative estimate of drug-likeness (QED) is 0.484. The van der Waals surface area contributed by atoms with E-state index < -0.39 is 5.82 Å². The molecule has 0 atom stereocenters. The summed E-state index contributed by atoms with van der Waals surface area (Å²) in [6, 6.07) is 14.4. The summed E-state index contributed by atoms with van der Waals surface area (Å²) in [5.74, 6) is 0.177. The highest BCUT2D eigenvalue weighted by molar-refractivity contribution is 6.30. The zero-order valence-corrected chi connectivity index (χ0v) is 15.2. The van der Waals surface area contributed by atoms with Crippen molar-refractivity contribution < 1.29 is 14.0 Å². The Balaban J connectivity index is 1.61. The topological polar surface area (TPSA) is 68.6 Å². The molecule has 1 heterocycles. The molecular formula is C19H16ClFN4O2. The van der Waals surface area contributed by atoms with Gasteiger partial charge in [-0.15, -0.1) is 0 Å². The maximum Gasteiger partial charge on any atom is 0.347 e. The molecule has 0 fully saturated rings. The van der Waals surface area contributed by atoms with E-state index in [1.165, 1.54) is 6.21 Å². The molecule has 0 aliphatic rings. The van der Waals surface area contributed by atoms with Crippen LogP contribution in [0.4, 0.5) is 10.2 Å². The van der Waals surface area contributed by atoms with Crippen molar-refractivity contribution in [2.45, 2.75) is 6.54 Å². The lowest BCUT2D eigenvalue weighted by molar-refractivity contribution is 0.314. The van der Waals surface area contributed by atoms with E-state index in [1.807, 2.05) is 24.3 Å². The fraction of sp³-hybridized carbons (Fsp3) is 0.105. The summed E-state index contributed by atoms with van der Waals surface area (Å²) in [7, 11) is 1.59. The molecule has 3 aromatic rings. The van der Waals surface area contributed by atoms with E-state index in [-0.39, 0.29) is 11.8 Å². The minimum absolute atomic E-state index is 0.0228.